The Balaban J connectivity index is 1.51. The summed E-state index contributed by atoms with van der Waals surface area (Å²) in [6.45, 7) is 6.68. The Morgan fingerprint density at radius 1 is 1.35 bits per heavy atom. The van der Waals surface area contributed by atoms with Gasteiger partial charge in [-0.05, 0) is 44.7 Å². The third kappa shape index (κ3) is 3.52. The molecule has 1 N–H and O–H groups in total. The third-order valence-electron chi connectivity index (χ3n) is 4.52. The summed E-state index contributed by atoms with van der Waals surface area (Å²) in [4.78, 5) is 22.9. The van der Waals surface area contributed by atoms with Gasteiger partial charge in [-0.1, -0.05) is 0 Å². The van der Waals surface area contributed by atoms with Crippen molar-refractivity contribution >= 4 is 11.7 Å². The topological polar surface area (TPSA) is 71.3 Å². The van der Waals surface area contributed by atoms with Crippen molar-refractivity contribution in [3.05, 3.63) is 41.7 Å². The maximum atomic E-state index is 11.9. The van der Waals surface area contributed by atoms with Gasteiger partial charge in [0.05, 0.1) is 6.26 Å². The molecule has 1 amide bonds. The molecule has 0 bridgehead atoms. The van der Waals surface area contributed by atoms with Crippen LogP contribution in [0.1, 0.15) is 34.7 Å². The summed E-state index contributed by atoms with van der Waals surface area (Å²) in [5, 5.41) is 2.95. The molecule has 23 heavy (non-hydrogen) atoms. The van der Waals surface area contributed by atoms with Crippen LogP contribution in [-0.2, 0) is 0 Å². The minimum Gasteiger partial charge on any atom is -0.459 e. The molecule has 2 aromatic rings. The van der Waals surface area contributed by atoms with Crippen molar-refractivity contribution in [2.24, 2.45) is 5.92 Å². The van der Waals surface area contributed by atoms with Crippen LogP contribution in [0.5, 0.6) is 0 Å². The normalized spacial score (nSPS) is 15.7. The van der Waals surface area contributed by atoms with Crippen LogP contribution in [-0.4, -0.2) is 35.5 Å². The quantitative estimate of drug-likeness (QED) is 0.938. The number of nitrogens with zero attached hydrogens (tertiary/aromatic N) is 3. The van der Waals surface area contributed by atoms with Crippen LogP contribution in [0, 0.1) is 19.8 Å². The van der Waals surface area contributed by atoms with E-state index in [-0.39, 0.29) is 5.91 Å². The van der Waals surface area contributed by atoms with Gasteiger partial charge in [0.2, 0.25) is 0 Å². The number of nitrogens with one attached hydrogen (secondary N) is 1. The first-order chi connectivity index (χ1) is 11.1. The highest BCUT2D eigenvalue weighted by Crippen LogP contribution is 2.24. The van der Waals surface area contributed by atoms with E-state index in [0.717, 1.165) is 43.0 Å². The van der Waals surface area contributed by atoms with Crippen molar-refractivity contribution in [1.82, 2.24) is 15.3 Å². The number of amides is 1. The molecule has 1 aliphatic rings. The van der Waals surface area contributed by atoms with Gasteiger partial charge >= 0.3 is 0 Å². The van der Waals surface area contributed by atoms with Gasteiger partial charge < -0.3 is 14.6 Å². The summed E-state index contributed by atoms with van der Waals surface area (Å²) >= 11 is 0. The average Bonchev–Trinajstić information content (AvgIpc) is 3.10. The lowest BCUT2D eigenvalue weighted by molar-refractivity contribution is 0.0917. The Bertz CT molecular complexity index is 661. The van der Waals surface area contributed by atoms with Crippen LogP contribution in [0.15, 0.2) is 29.1 Å². The number of aryl methyl sites for hydroxylation is 1. The molecule has 0 atom stereocenters. The molecule has 6 nitrogen and oxygen atoms in total. The number of aromatic nitrogens is 2. The van der Waals surface area contributed by atoms with Crippen molar-refractivity contribution in [1.29, 1.82) is 0 Å². The lowest BCUT2D eigenvalue weighted by atomic mass is 9.96. The molecular weight excluding hydrogens is 292 g/mol. The standard InChI is InChI=1S/C17H22N4O2/c1-12-13(2)19-11-20-16(12)21-7-5-14(6-8-21)10-18-17(22)15-4-3-9-23-15/h3-4,9,11,14H,5-8,10H2,1-2H3,(H,18,22). The van der Waals surface area contributed by atoms with Crippen molar-refractivity contribution in [3.63, 3.8) is 0 Å². The van der Waals surface area contributed by atoms with E-state index in [9.17, 15) is 4.79 Å². The van der Waals surface area contributed by atoms with Crippen LogP contribution >= 0.6 is 0 Å². The van der Waals surface area contributed by atoms with E-state index in [1.807, 2.05) is 6.92 Å². The summed E-state index contributed by atoms with van der Waals surface area (Å²) in [7, 11) is 0. The van der Waals surface area contributed by atoms with Gasteiger partial charge in [-0.15, -0.1) is 0 Å². The van der Waals surface area contributed by atoms with Crippen LogP contribution in [0.4, 0.5) is 5.82 Å². The van der Waals surface area contributed by atoms with Gasteiger partial charge in [0.25, 0.3) is 5.91 Å². The number of furan rings is 1. The van der Waals surface area contributed by atoms with Crippen LogP contribution in [0.2, 0.25) is 0 Å². The molecule has 2 aromatic heterocycles. The first-order valence-corrected chi connectivity index (χ1v) is 8.00. The molecule has 0 saturated carbocycles. The minimum absolute atomic E-state index is 0.139. The Kier molecular flexibility index (Phi) is 4.60. The first-order valence-electron chi connectivity index (χ1n) is 8.00. The number of hydrogen-bond acceptors (Lipinski definition) is 5. The second-order valence-electron chi connectivity index (χ2n) is 6.03. The third-order valence-corrected chi connectivity index (χ3v) is 4.52. The molecular formula is C17H22N4O2. The van der Waals surface area contributed by atoms with Crippen molar-refractivity contribution in [2.75, 3.05) is 24.5 Å². The van der Waals surface area contributed by atoms with Crippen molar-refractivity contribution in [3.8, 4) is 0 Å². The van der Waals surface area contributed by atoms with E-state index in [1.54, 1.807) is 18.5 Å². The second-order valence-corrected chi connectivity index (χ2v) is 6.03. The van der Waals surface area contributed by atoms with E-state index in [2.05, 4.69) is 27.1 Å². The Labute approximate surface area is 135 Å². The smallest absolute Gasteiger partial charge is 0.286 e. The monoisotopic (exact) mass is 314 g/mol. The summed E-state index contributed by atoms with van der Waals surface area (Å²) in [6.07, 6.45) is 5.23. The molecule has 1 saturated heterocycles. The lowest BCUT2D eigenvalue weighted by Gasteiger charge is -2.33. The van der Waals surface area contributed by atoms with Gasteiger partial charge in [-0.25, -0.2) is 9.97 Å². The Morgan fingerprint density at radius 3 is 2.83 bits per heavy atom. The summed E-state index contributed by atoms with van der Waals surface area (Å²) in [5.74, 6) is 1.76. The molecule has 3 heterocycles. The number of rotatable bonds is 4. The van der Waals surface area contributed by atoms with Gasteiger partial charge in [-0.3, -0.25) is 4.79 Å². The molecule has 0 radical (unpaired) electrons. The van der Waals surface area contributed by atoms with E-state index in [1.165, 1.54) is 6.26 Å². The van der Waals surface area contributed by atoms with E-state index in [0.29, 0.717) is 18.2 Å². The van der Waals surface area contributed by atoms with Crippen LogP contribution in [0.25, 0.3) is 0 Å². The zero-order valence-electron chi connectivity index (χ0n) is 13.6. The predicted octanol–water partition coefficient (Wildman–Crippen LogP) is 2.33. The average molecular weight is 314 g/mol. The SMILES string of the molecule is Cc1ncnc(N2CCC(CNC(=O)c3ccco3)CC2)c1C. The molecule has 0 aliphatic carbocycles. The largest absolute Gasteiger partial charge is 0.459 e. The Hall–Kier alpha value is -2.37. The zero-order valence-corrected chi connectivity index (χ0v) is 13.6. The Morgan fingerprint density at radius 2 is 2.13 bits per heavy atom. The number of anilines is 1. The van der Waals surface area contributed by atoms with Crippen molar-refractivity contribution < 1.29 is 9.21 Å². The highest BCUT2D eigenvalue weighted by atomic mass is 16.3. The summed E-state index contributed by atoms with van der Waals surface area (Å²) in [6, 6.07) is 3.40. The van der Waals surface area contributed by atoms with Gasteiger partial charge in [0, 0.05) is 30.9 Å². The molecule has 122 valence electrons. The van der Waals surface area contributed by atoms with Gasteiger partial charge in [-0.2, -0.15) is 0 Å². The molecule has 1 fully saturated rings. The fraction of sp³-hybridized carbons (Fsp3) is 0.471. The fourth-order valence-electron chi connectivity index (χ4n) is 2.93. The minimum atomic E-state index is -0.139. The molecule has 1 aliphatic heterocycles. The van der Waals surface area contributed by atoms with Gasteiger partial charge in [0.1, 0.15) is 12.1 Å². The van der Waals surface area contributed by atoms with Crippen LogP contribution in [0.3, 0.4) is 0 Å². The predicted molar refractivity (Wildman–Crippen MR) is 87.5 cm³/mol. The number of carbonyl (C=O) groups is 1. The first kappa shape index (κ1) is 15.5. The highest BCUT2D eigenvalue weighted by Gasteiger charge is 2.22. The molecule has 6 heteroatoms. The number of piperidine rings is 1. The molecule has 0 aromatic carbocycles. The number of hydrogen-bond donors (Lipinski definition) is 1. The van der Waals surface area contributed by atoms with Crippen LogP contribution < -0.4 is 10.2 Å². The molecule has 0 spiro atoms. The second kappa shape index (κ2) is 6.81. The van der Waals surface area contributed by atoms with E-state index < -0.39 is 0 Å². The maximum absolute atomic E-state index is 11.9. The molecule has 3 rings (SSSR count). The maximum Gasteiger partial charge on any atom is 0.286 e. The lowest BCUT2D eigenvalue weighted by Crippen LogP contribution is -2.39. The highest BCUT2D eigenvalue weighted by molar-refractivity contribution is 5.91. The fourth-order valence-corrected chi connectivity index (χ4v) is 2.93. The van der Waals surface area contributed by atoms with E-state index >= 15 is 0 Å². The van der Waals surface area contributed by atoms with E-state index in [4.69, 9.17) is 4.42 Å². The summed E-state index contributed by atoms with van der Waals surface area (Å²) < 4.78 is 5.10. The number of carbonyl (C=O) groups excluding carboxylic acids is 1. The van der Waals surface area contributed by atoms with Gasteiger partial charge in [0.15, 0.2) is 5.76 Å². The van der Waals surface area contributed by atoms with Crippen molar-refractivity contribution in [2.45, 2.75) is 26.7 Å². The summed E-state index contributed by atoms with van der Waals surface area (Å²) in [5.41, 5.74) is 2.18. The molecule has 0 unspecified atom stereocenters. The zero-order chi connectivity index (χ0) is 16.2.